The summed E-state index contributed by atoms with van der Waals surface area (Å²) in [5.41, 5.74) is 2.48. The van der Waals surface area contributed by atoms with E-state index in [1.165, 1.54) is 0 Å². The van der Waals surface area contributed by atoms with Gasteiger partial charge in [-0.05, 0) is 31.5 Å². The van der Waals surface area contributed by atoms with Gasteiger partial charge in [0.25, 0.3) is 5.56 Å². The molecule has 0 amide bonds. The number of halogens is 1. The second-order valence-electron chi connectivity index (χ2n) is 4.64. The molecule has 20 heavy (non-hydrogen) atoms. The van der Waals surface area contributed by atoms with Gasteiger partial charge in [0.05, 0.1) is 5.88 Å². The Balaban J connectivity index is 2.85. The monoisotopic (exact) mass is 288 g/mol. The van der Waals surface area contributed by atoms with Crippen LogP contribution >= 0.6 is 11.6 Å². The van der Waals surface area contributed by atoms with Crippen LogP contribution in [0.3, 0.4) is 0 Å². The van der Waals surface area contributed by atoms with Gasteiger partial charge in [-0.1, -0.05) is 6.07 Å². The zero-order chi connectivity index (χ0) is 14.9. The van der Waals surface area contributed by atoms with Crippen LogP contribution < -0.4 is 5.56 Å². The minimum absolute atomic E-state index is 0.00657. The molecule has 0 radical (unpaired) electrons. The van der Waals surface area contributed by atoms with E-state index in [0.29, 0.717) is 22.4 Å². The average molecular weight is 289 g/mol. The normalized spacial score (nSPS) is 10.3. The van der Waals surface area contributed by atoms with E-state index in [2.05, 4.69) is 4.98 Å². The molecule has 0 aliphatic heterocycles. The van der Waals surface area contributed by atoms with Gasteiger partial charge < -0.3 is 10.1 Å². The molecule has 0 atom stereocenters. The number of aryl methyl sites for hydroxylation is 2. The molecule has 2 N–H and O–H groups in total. The van der Waals surface area contributed by atoms with Crippen molar-refractivity contribution in [2.45, 2.75) is 19.7 Å². The molecule has 0 aliphatic rings. The maximum Gasteiger partial charge on any atom is 0.266 e. The molecular formula is C15H13ClN2O2. The van der Waals surface area contributed by atoms with Crippen molar-refractivity contribution < 1.29 is 5.11 Å². The molecule has 0 spiro atoms. The summed E-state index contributed by atoms with van der Waals surface area (Å²) in [6.07, 6.45) is 0. The molecular weight excluding hydrogens is 276 g/mol. The average Bonchev–Trinajstić information content (AvgIpc) is 2.40. The van der Waals surface area contributed by atoms with Crippen molar-refractivity contribution in [1.82, 2.24) is 4.98 Å². The molecule has 5 heteroatoms. The molecule has 4 nitrogen and oxygen atoms in total. The number of alkyl halides is 1. The van der Waals surface area contributed by atoms with Crippen LogP contribution in [0.1, 0.15) is 22.4 Å². The van der Waals surface area contributed by atoms with Crippen molar-refractivity contribution in [2.24, 2.45) is 0 Å². The van der Waals surface area contributed by atoms with Crippen molar-refractivity contribution in [3.8, 4) is 22.9 Å². The highest BCUT2D eigenvalue weighted by atomic mass is 35.5. The van der Waals surface area contributed by atoms with Crippen LogP contribution in [0.15, 0.2) is 23.0 Å². The second-order valence-corrected chi connectivity index (χ2v) is 4.90. The Morgan fingerprint density at radius 2 is 2.00 bits per heavy atom. The van der Waals surface area contributed by atoms with Crippen molar-refractivity contribution in [1.29, 1.82) is 5.26 Å². The SMILES string of the molecule is Cc1cc(CCl)c(O)c(-c2cc(C)[nH]c(=O)c2C#N)c1. The van der Waals surface area contributed by atoms with Crippen LogP contribution in [0.4, 0.5) is 0 Å². The van der Waals surface area contributed by atoms with E-state index in [1.54, 1.807) is 25.1 Å². The zero-order valence-corrected chi connectivity index (χ0v) is 11.9. The lowest BCUT2D eigenvalue weighted by molar-refractivity contribution is 0.472. The largest absolute Gasteiger partial charge is 0.507 e. The second kappa shape index (κ2) is 5.40. The first-order valence-electron chi connectivity index (χ1n) is 6.00. The summed E-state index contributed by atoms with van der Waals surface area (Å²) in [5, 5.41) is 19.4. The van der Waals surface area contributed by atoms with Crippen LogP contribution in [-0.4, -0.2) is 10.1 Å². The summed E-state index contributed by atoms with van der Waals surface area (Å²) in [4.78, 5) is 14.4. The Bertz CT molecular complexity index is 773. The summed E-state index contributed by atoms with van der Waals surface area (Å²) < 4.78 is 0. The number of aromatic amines is 1. The molecule has 1 aromatic heterocycles. The first-order valence-corrected chi connectivity index (χ1v) is 6.54. The van der Waals surface area contributed by atoms with Gasteiger partial charge >= 0.3 is 0 Å². The summed E-state index contributed by atoms with van der Waals surface area (Å²) in [5.74, 6) is 0.164. The Morgan fingerprint density at radius 3 is 2.60 bits per heavy atom. The summed E-state index contributed by atoms with van der Waals surface area (Å²) in [6, 6.07) is 7.07. The fraction of sp³-hybridized carbons (Fsp3) is 0.200. The van der Waals surface area contributed by atoms with E-state index in [1.807, 2.05) is 13.0 Å². The van der Waals surface area contributed by atoms with Crippen molar-refractivity contribution in [3.05, 3.63) is 50.9 Å². The number of aromatic hydroxyl groups is 1. The first kappa shape index (κ1) is 14.2. The van der Waals surface area contributed by atoms with Crippen LogP contribution in [0.5, 0.6) is 5.75 Å². The van der Waals surface area contributed by atoms with Gasteiger partial charge in [-0.2, -0.15) is 5.26 Å². The highest BCUT2D eigenvalue weighted by molar-refractivity contribution is 6.17. The Hall–Kier alpha value is -2.25. The van der Waals surface area contributed by atoms with E-state index < -0.39 is 5.56 Å². The van der Waals surface area contributed by atoms with Gasteiger partial charge in [-0.15, -0.1) is 11.6 Å². The van der Waals surface area contributed by atoms with E-state index in [4.69, 9.17) is 16.9 Å². The van der Waals surface area contributed by atoms with Crippen LogP contribution in [0.2, 0.25) is 0 Å². The van der Waals surface area contributed by atoms with Gasteiger partial charge in [-0.25, -0.2) is 0 Å². The summed E-state index contributed by atoms with van der Waals surface area (Å²) in [6.45, 7) is 3.59. The fourth-order valence-corrected chi connectivity index (χ4v) is 2.38. The zero-order valence-electron chi connectivity index (χ0n) is 11.1. The van der Waals surface area contributed by atoms with Gasteiger partial charge in [0.15, 0.2) is 0 Å². The lowest BCUT2D eigenvalue weighted by atomic mass is 9.96. The topological polar surface area (TPSA) is 76.9 Å². The molecule has 1 aromatic carbocycles. The van der Waals surface area contributed by atoms with Crippen LogP contribution in [0, 0.1) is 25.2 Å². The number of rotatable bonds is 2. The standard InChI is InChI=1S/C15H13ClN2O2/c1-8-3-10(6-16)14(19)12(4-8)11-5-9(2)18-15(20)13(11)7-17/h3-5,19H,6H2,1-2H3,(H,18,20). The van der Waals surface area contributed by atoms with Crippen LogP contribution in [0.25, 0.3) is 11.1 Å². The van der Waals surface area contributed by atoms with Crippen molar-refractivity contribution >= 4 is 11.6 Å². The Morgan fingerprint density at radius 1 is 1.30 bits per heavy atom. The van der Waals surface area contributed by atoms with E-state index in [9.17, 15) is 9.90 Å². The molecule has 0 saturated carbocycles. The number of hydrogen-bond donors (Lipinski definition) is 2. The molecule has 2 rings (SSSR count). The molecule has 0 aliphatic carbocycles. The highest BCUT2D eigenvalue weighted by Crippen LogP contribution is 2.35. The molecule has 0 saturated heterocycles. The third-order valence-corrected chi connectivity index (χ3v) is 3.34. The molecule has 1 heterocycles. The summed E-state index contributed by atoms with van der Waals surface area (Å²) in [7, 11) is 0. The number of H-pyrrole nitrogens is 1. The van der Waals surface area contributed by atoms with Gasteiger partial charge in [0.2, 0.25) is 0 Å². The predicted molar refractivity (Wildman–Crippen MR) is 77.9 cm³/mol. The molecule has 2 aromatic rings. The van der Waals surface area contributed by atoms with Crippen molar-refractivity contribution in [3.63, 3.8) is 0 Å². The number of pyridine rings is 1. The maximum atomic E-state index is 11.8. The van der Waals surface area contributed by atoms with Gasteiger partial charge in [0, 0.05) is 22.4 Å². The fourth-order valence-electron chi connectivity index (χ4n) is 2.17. The van der Waals surface area contributed by atoms with E-state index in [0.717, 1.165) is 5.56 Å². The first-order chi connectivity index (χ1) is 9.47. The number of benzene rings is 1. The minimum Gasteiger partial charge on any atom is -0.507 e. The summed E-state index contributed by atoms with van der Waals surface area (Å²) >= 11 is 5.81. The van der Waals surface area contributed by atoms with E-state index in [-0.39, 0.29) is 17.2 Å². The van der Waals surface area contributed by atoms with E-state index >= 15 is 0 Å². The smallest absolute Gasteiger partial charge is 0.266 e. The van der Waals surface area contributed by atoms with Crippen LogP contribution in [-0.2, 0) is 5.88 Å². The lowest BCUT2D eigenvalue weighted by Crippen LogP contribution is -2.12. The lowest BCUT2D eigenvalue weighted by Gasteiger charge is -2.12. The Labute approximate surface area is 121 Å². The van der Waals surface area contributed by atoms with Crippen molar-refractivity contribution in [2.75, 3.05) is 0 Å². The maximum absolute atomic E-state index is 11.8. The molecule has 0 bridgehead atoms. The molecule has 102 valence electrons. The van der Waals surface area contributed by atoms with Gasteiger partial charge in [0.1, 0.15) is 17.4 Å². The quantitative estimate of drug-likeness (QED) is 0.834. The number of nitriles is 1. The molecule has 0 fully saturated rings. The number of phenols is 1. The number of phenolic OH excluding ortho intramolecular Hbond substituents is 1. The predicted octanol–water partition coefficient (Wildman–Crippen LogP) is 2.97. The number of aromatic nitrogens is 1. The number of nitrogens with one attached hydrogen (secondary N) is 1. The van der Waals surface area contributed by atoms with Gasteiger partial charge in [-0.3, -0.25) is 4.79 Å². The highest BCUT2D eigenvalue weighted by Gasteiger charge is 2.16. The minimum atomic E-state index is -0.462. The number of nitrogens with zero attached hydrogens (tertiary/aromatic N) is 1. The third kappa shape index (κ3) is 2.40. The third-order valence-electron chi connectivity index (χ3n) is 3.05. The molecule has 0 unspecified atom stereocenters. The number of hydrogen-bond acceptors (Lipinski definition) is 3. The Kier molecular flexibility index (Phi) is 3.82.